The Morgan fingerprint density at radius 3 is 1.92 bits per heavy atom. The predicted octanol–water partition coefficient (Wildman–Crippen LogP) is 12.0. The maximum absolute atomic E-state index is 4.45. The third-order valence-electron chi connectivity index (χ3n) is 8.02. The fraction of sp³-hybridized carbons (Fsp3) is 0.667. The molecule has 0 heterocycles. The predicted molar refractivity (Wildman–Crippen MR) is 163 cm³/mol. The van der Waals surface area contributed by atoms with Gasteiger partial charge in [-0.2, -0.15) is 0 Å². The summed E-state index contributed by atoms with van der Waals surface area (Å²) in [4.78, 5) is 0. The molecule has 2 unspecified atom stereocenters. The van der Waals surface area contributed by atoms with Crippen molar-refractivity contribution in [3.63, 3.8) is 0 Å². The van der Waals surface area contributed by atoms with Crippen molar-refractivity contribution in [3.05, 3.63) is 70.4 Å². The largest absolute Gasteiger partial charge is 0.0999 e. The van der Waals surface area contributed by atoms with Gasteiger partial charge >= 0.3 is 0 Å². The molecular formula is C36H58. The summed E-state index contributed by atoms with van der Waals surface area (Å²) in [6.45, 7) is 17.8. The highest BCUT2D eigenvalue weighted by Crippen LogP contribution is 2.42. The second kappa shape index (κ2) is 17.0. The summed E-state index contributed by atoms with van der Waals surface area (Å²) in [6, 6.07) is 0. The third-order valence-corrected chi connectivity index (χ3v) is 8.02. The lowest BCUT2D eigenvalue weighted by molar-refractivity contribution is 0.336. The highest BCUT2D eigenvalue weighted by molar-refractivity contribution is 5.13. The molecule has 1 fully saturated rings. The number of allylic oxidation sites excluding steroid dienone is 11. The third kappa shape index (κ3) is 14.9. The average molecular weight is 491 g/mol. The zero-order valence-electron chi connectivity index (χ0n) is 24.9. The van der Waals surface area contributed by atoms with Gasteiger partial charge in [0.15, 0.2) is 0 Å². The van der Waals surface area contributed by atoms with Gasteiger partial charge in [-0.15, -0.1) is 0 Å². The Morgan fingerprint density at radius 1 is 0.750 bits per heavy atom. The molecule has 0 nitrogen and oxygen atoms in total. The van der Waals surface area contributed by atoms with Gasteiger partial charge < -0.3 is 0 Å². The Bertz CT molecular complexity index is 812. The molecule has 0 N–H and O–H groups in total. The van der Waals surface area contributed by atoms with Crippen LogP contribution in [0.25, 0.3) is 0 Å². The highest BCUT2D eigenvalue weighted by Gasteiger charge is 2.29. The van der Waals surface area contributed by atoms with Crippen LogP contribution < -0.4 is 0 Å². The Hall–Kier alpha value is -1.56. The van der Waals surface area contributed by atoms with E-state index in [1.807, 2.05) is 0 Å². The van der Waals surface area contributed by atoms with Gasteiger partial charge in [0.2, 0.25) is 0 Å². The molecule has 2 rings (SSSR count). The van der Waals surface area contributed by atoms with E-state index < -0.39 is 0 Å². The first-order chi connectivity index (χ1) is 17.2. The Morgan fingerprint density at radius 2 is 1.33 bits per heavy atom. The van der Waals surface area contributed by atoms with Crippen LogP contribution in [0.4, 0.5) is 0 Å². The van der Waals surface area contributed by atoms with Crippen LogP contribution in [0.3, 0.4) is 0 Å². The van der Waals surface area contributed by atoms with Gasteiger partial charge in [0.05, 0.1) is 0 Å². The van der Waals surface area contributed by atoms with Crippen LogP contribution >= 0.6 is 0 Å². The van der Waals surface area contributed by atoms with E-state index >= 15 is 0 Å². The van der Waals surface area contributed by atoms with Crippen molar-refractivity contribution in [1.82, 2.24) is 0 Å². The van der Waals surface area contributed by atoms with Crippen molar-refractivity contribution < 1.29 is 0 Å². The molecule has 2 aliphatic carbocycles. The maximum Gasteiger partial charge on any atom is -0.0225 e. The second-order valence-electron chi connectivity index (χ2n) is 12.7. The maximum atomic E-state index is 4.45. The highest BCUT2D eigenvalue weighted by atomic mass is 14.3. The molecule has 0 spiro atoms. The van der Waals surface area contributed by atoms with Crippen molar-refractivity contribution in [2.24, 2.45) is 17.8 Å². The van der Waals surface area contributed by atoms with Crippen LogP contribution in [0.15, 0.2) is 70.4 Å². The molecule has 202 valence electrons. The van der Waals surface area contributed by atoms with E-state index in [1.165, 1.54) is 106 Å². The normalized spacial score (nSPS) is 20.7. The Labute approximate surface area is 225 Å². The molecule has 0 radical (unpaired) electrons. The van der Waals surface area contributed by atoms with Crippen LogP contribution in [0, 0.1) is 17.8 Å². The quantitative estimate of drug-likeness (QED) is 0.178. The minimum Gasteiger partial charge on any atom is -0.0999 e. The lowest BCUT2D eigenvalue weighted by Crippen LogP contribution is -2.15. The van der Waals surface area contributed by atoms with Gasteiger partial charge in [0.1, 0.15) is 0 Å². The van der Waals surface area contributed by atoms with Gasteiger partial charge in [-0.1, -0.05) is 83.2 Å². The molecule has 0 aromatic rings. The fourth-order valence-corrected chi connectivity index (χ4v) is 5.67. The monoisotopic (exact) mass is 490 g/mol. The first kappa shape index (κ1) is 30.7. The average Bonchev–Trinajstić information content (AvgIpc) is 3.61. The van der Waals surface area contributed by atoms with Gasteiger partial charge in [-0.05, 0) is 143 Å². The summed E-state index contributed by atoms with van der Waals surface area (Å²) in [5.41, 5.74) is 9.17. The zero-order valence-corrected chi connectivity index (χ0v) is 24.9. The lowest BCUT2D eigenvalue weighted by atomic mass is 9.76. The number of hydrogen-bond donors (Lipinski definition) is 0. The van der Waals surface area contributed by atoms with Gasteiger partial charge in [-0.3, -0.25) is 0 Å². The summed E-state index contributed by atoms with van der Waals surface area (Å²) in [6.07, 6.45) is 31.7. The van der Waals surface area contributed by atoms with E-state index in [1.54, 1.807) is 11.1 Å². The van der Waals surface area contributed by atoms with E-state index in [4.69, 9.17) is 0 Å². The molecule has 0 aromatic carbocycles. The van der Waals surface area contributed by atoms with E-state index in [2.05, 4.69) is 78.5 Å². The molecular weight excluding hydrogens is 432 g/mol. The number of rotatable bonds is 17. The minimum absolute atomic E-state index is 0.776. The first-order valence-corrected chi connectivity index (χ1v) is 15.2. The fourth-order valence-electron chi connectivity index (χ4n) is 5.67. The van der Waals surface area contributed by atoms with Crippen molar-refractivity contribution >= 4 is 0 Å². The van der Waals surface area contributed by atoms with Crippen LogP contribution in [0.1, 0.15) is 138 Å². The summed E-state index contributed by atoms with van der Waals surface area (Å²) < 4.78 is 0. The van der Waals surface area contributed by atoms with Crippen molar-refractivity contribution in [1.29, 1.82) is 0 Å². The first-order valence-electron chi connectivity index (χ1n) is 15.2. The molecule has 0 bridgehead atoms. The molecule has 1 saturated carbocycles. The smallest absolute Gasteiger partial charge is 0.0225 e. The Kier molecular flexibility index (Phi) is 14.5. The molecule has 0 aromatic heterocycles. The zero-order chi connectivity index (χ0) is 26.3. The summed E-state index contributed by atoms with van der Waals surface area (Å²) >= 11 is 0. The van der Waals surface area contributed by atoms with Crippen molar-refractivity contribution in [2.45, 2.75) is 138 Å². The van der Waals surface area contributed by atoms with Crippen LogP contribution in [0.5, 0.6) is 0 Å². The topological polar surface area (TPSA) is 0 Å². The van der Waals surface area contributed by atoms with Gasteiger partial charge in [0, 0.05) is 0 Å². The van der Waals surface area contributed by atoms with Crippen molar-refractivity contribution in [3.8, 4) is 0 Å². The van der Waals surface area contributed by atoms with E-state index in [0.29, 0.717) is 0 Å². The van der Waals surface area contributed by atoms with E-state index in [0.717, 1.165) is 30.6 Å². The molecule has 2 aliphatic rings. The van der Waals surface area contributed by atoms with Crippen LogP contribution in [0.2, 0.25) is 0 Å². The molecule has 36 heavy (non-hydrogen) atoms. The van der Waals surface area contributed by atoms with Crippen LogP contribution in [-0.2, 0) is 0 Å². The van der Waals surface area contributed by atoms with E-state index in [9.17, 15) is 0 Å². The lowest BCUT2D eigenvalue weighted by Gasteiger charge is -2.29. The van der Waals surface area contributed by atoms with Crippen LogP contribution in [-0.4, -0.2) is 0 Å². The molecule has 2 atom stereocenters. The standard InChI is InChI=1S/C36H58/c1-28(2)12-8-14-30(5)16-10-17-32(7)20-21-35-25-34(26-36(27-35)24-33-22-23-33)19-11-18-31(6)15-9-13-29(3)4/h12-13,16,18,25,33,35-36H,7-11,14-15,17,19-24,26-27H2,1-6H3/b30-16+,31-18+. The Balaban J connectivity index is 1.78. The van der Waals surface area contributed by atoms with Crippen molar-refractivity contribution in [2.75, 3.05) is 0 Å². The second-order valence-corrected chi connectivity index (χ2v) is 12.7. The summed E-state index contributed by atoms with van der Waals surface area (Å²) in [5.74, 6) is 2.76. The minimum atomic E-state index is 0.776. The molecule has 0 amide bonds. The summed E-state index contributed by atoms with van der Waals surface area (Å²) in [5, 5.41) is 0. The molecule has 0 aliphatic heterocycles. The van der Waals surface area contributed by atoms with Gasteiger partial charge in [0.25, 0.3) is 0 Å². The van der Waals surface area contributed by atoms with E-state index in [-0.39, 0.29) is 0 Å². The van der Waals surface area contributed by atoms with Gasteiger partial charge in [-0.25, -0.2) is 0 Å². The summed E-state index contributed by atoms with van der Waals surface area (Å²) in [7, 11) is 0. The molecule has 0 heteroatoms. The SMILES string of the molecule is C=C(CC/C=C(\C)CCC=C(C)C)CCC1C=C(CC/C=C(\C)CCC=C(C)C)CC(CC2CC2)C1. The number of hydrogen-bond acceptors (Lipinski definition) is 0. The molecule has 0 saturated heterocycles.